The second-order valence-corrected chi connectivity index (χ2v) is 9.16. The number of morpholine rings is 1. The van der Waals surface area contributed by atoms with Gasteiger partial charge in [0.15, 0.2) is 0 Å². The SMILES string of the molecule is O=C(NCc1ccccc1S(=O)(=O)N1CCOCC1)c1cccc(Oc2ccccc2)c1. The van der Waals surface area contributed by atoms with Gasteiger partial charge < -0.3 is 14.8 Å². The van der Waals surface area contributed by atoms with Crippen molar-refractivity contribution in [3.05, 3.63) is 90.0 Å². The summed E-state index contributed by atoms with van der Waals surface area (Å²) in [5.41, 5.74) is 0.955. The van der Waals surface area contributed by atoms with Crippen LogP contribution in [0.1, 0.15) is 15.9 Å². The zero-order valence-electron chi connectivity index (χ0n) is 17.4. The van der Waals surface area contributed by atoms with Gasteiger partial charge in [-0.25, -0.2) is 8.42 Å². The highest BCUT2D eigenvalue weighted by atomic mass is 32.2. The Morgan fingerprint density at radius 3 is 2.38 bits per heavy atom. The number of rotatable bonds is 7. The predicted molar refractivity (Wildman–Crippen MR) is 120 cm³/mol. The van der Waals surface area contributed by atoms with Gasteiger partial charge in [0.25, 0.3) is 5.91 Å². The van der Waals surface area contributed by atoms with E-state index in [4.69, 9.17) is 9.47 Å². The van der Waals surface area contributed by atoms with Gasteiger partial charge in [-0.2, -0.15) is 4.31 Å². The average Bonchev–Trinajstić information content (AvgIpc) is 2.84. The average molecular weight is 453 g/mol. The normalized spacial score (nSPS) is 14.6. The second-order valence-electron chi connectivity index (χ2n) is 7.25. The molecule has 1 fully saturated rings. The van der Waals surface area contributed by atoms with E-state index in [0.717, 1.165) is 0 Å². The fourth-order valence-electron chi connectivity index (χ4n) is 3.43. The molecule has 0 unspecified atom stereocenters. The highest BCUT2D eigenvalue weighted by Gasteiger charge is 2.28. The largest absolute Gasteiger partial charge is 0.457 e. The molecule has 0 radical (unpaired) electrons. The second kappa shape index (κ2) is 9.95. The molecule has 0 aliphatic carbocycles. The Bertz CT molecular complexity index is 1180. The molecule has 0 atom stereocenters. The van der Waals surface area contributed by atoms with E-state index in [-0.39, 0.29) is 17.3 Å². The van der Waals surface area contributed by atoms with Crippen molar-refractivity contribution in [2.75, 3.05) is 26.3 Å². The summed E-state index contributed by atoms with van der Waals surface area (Å²) in [5.74, 6) is 0.897. The molecule has 0 saturated carbocycles. The first-order chi connectivity index (χ1) is 15.5. The summed E-state index contributed by atoms with van der Waals surface area (Å²) in [6, 6.07) is 22.9. The summed E-state index contributed by atoms with van der Waals surface area (Å²) < 4.78 is 38.6. The molecule has 1 heterocycles. The number of nitrogens with zero attached hydrogens (tertiary/aromatic N) is 1. The van der Waals surface area contributed by atoms with Gasteiger partial charge in [-0.15, -0.1) is 0 Å². The lowest BCUT2D eigenvalue weighted by Crippen LogP contribution is -2.41. The summed E-state index contributed by atoms with van der Waals surface area (Å²) in [7, 11) is -3.66. The molecule has 7 nitrogen and oxygen atoms in total. The smallest absolute Gasteiger partial charge is 0.251 e. The van der Waals surface area contributed by atoms with Gasteiger partial charge in [0, 0.05) is 25.2 Å². The molecule has 0 aromatic heterocycles. The number of benzene rings is 3. The highest BCUT2D eigenvalue weighted by Crippen LogP contribution is 2.23. The maximum Gasteiger partial charge on any atom is 0.251 e. The minimum atomic E-state index is -3.66. The number of hydrogen-bond acceptors (Lipinski definition) is 5. The number of para-hydroxylation sites is 1. The third kappa shape index (κ3) is 5.16. The van der Waals surface area contributed by atoms with E-state index >= 15 is 0 Å². The molecule has 166 valence electrons. The molecular weight excluding hydrogens is 428 g/mol. The topological polar surface area (TPSA) is 84.9 Å². The van der Waals surface area contributed by atoms with E-state index in [9.17, 15) is 13.2 Å². The summed E-state index contributed by atoms with van der Waals surface area (Å²) in [6.45, 7) is 1.47. The molecule has 3 aromatic rings. The molecule has 1 aliphatic rings. The van der Waals surface area contributed by atoms with Crippen LogP contribution in [0.15, 0.2) is 83.8 Å². The van der Waals surface area contributed by atoms with Crippen LogP contribution in [0.4, 0.5) is 0 Å². The molecule has 0 spiro atoms. The lowest BCUT2D eigenvalue weighted by molar-refractivity contribution is 0.0730. The van der Waals surface area contributed by atoms with Gasteiger partial charge in [0.1, 0.15) is 11.5 Å². The number of carbonyl (C=O) groups excluding carboxylic acids is 1. The number of amides is 1. The number of ether oxygens (including phenoxy) is 2. The minimum absolute atomic E-state index is 0.0857. The quantitative estimate of drug-likeness (QED) is 0.594. The molecule has 4 rings (SSSR count). The fourth-order valence-corrected chi connectivity index (χ4v) is 5.06. The Labute approximate surface area is 187 Å². The number of hydrogen-bond donors (Lipinski definition) is 1. The number of nitrogens with one attached hydrogen (secondary N) is 1. The molecule has 1 N–H and O–H groups in total. The van der Waals surface area contributed by atoms with Crippen LogP contribution in [0.2, 0.25) is 0 Å². The third-order valence-corrected chi connectivity index (χ3v) is 7.07. The van der Waals surface area contributed by atoms with E-state index < -0.39 is 10.0 Å². The van der Waals surface area contributed by atoms with Crippen LogP contribution in [-0.4, -0.2) is 44.9 Å². The van der Waals surface area contributed by atoms with Gasteiger partial charge in [-0.3, -0.25) is 4.79 Å². The van der Waals surface area contributed by atoms with Gasteiger partial charge in [0.2, 0.25) is 10.0 Å². The molecule has 1 saturated heterocycles. The molecule has 1 aliphatic heterocycles. The van der Waals surface area contributed by atoms with Gasteiger partial charge >= 0.3 is 0 Å². The van der Waals surface area contributed by atoms with Crippen LogP contribution in [0.3, 0.4) is 0 Å². The van der Waals surface area contributed by atoms with Crippen molar-refractivity contribution in [2.45, 2.75) is 11.4 Å². The molecular formula is C24H24N2O5S. The molecule has 32 heavy (non-hydrogen) atoms. The fraction of sp³-hybridized carbons (Fsp3) is 0.208. The van der Waals surface area contributed by atoms with Gasteiger partial charge in [-0.05, 0) is 42.0 Å². The van der Waals surface area contributed by atoms with Crippen molar-refractivity contribution in [3.8, 4) is 11.5 Å². The Balaban J connectivity index is 1.46. The molecule has 0 bridgehead atoms. The first-order valence-corrected chi connectivity index (χ1v) is 11.7. The van der Waals surface area contributed by atoms with Crippen molar-refractivity contribution < 1.29 is 22.7 Å². The van der Waals surface area contributed by atoms with E-state index in [1.165, 1.54) is 4.31 Å². The summed E-state index contributed by atoms with van der Waals surface area (Å²) in [5, 5.41) is 2.82. The standard InChI is InChI=1S/C24H24N2O5S/c27-24(19-8-6-11-22(17-19)31-21-9-2-1-3-10-21)25-18-20-7-4-5-12-23(20)32(28,29)26-13-15-30-16-14-26/h1-12,17H,13-16,18H2,(H,25,27). The molecule has 1 amide bonds. The van der Waals surface area contributed by atoms with Crippen LogP contribution in [0.5, 0.6) is 11.5 Å². The third-order valence-electron chi connectivity index (χ3n) is 5.08. The van der Waals surface area contributed by atoms with Gasteiger partial charge in [-0.1, -0.05) is 42.5 Å². The van der Waals surface area contributed by atoms with Crippen molar-refractivity contribution in [1.82, 2.24) is 9.62 Å². The summed E-state index contributed by atoms with van der Waals surface area (Å²) >= 11 is 0. The highest BCUT2D eigenvalue weighted by molar-refractivity contribution is 7.89. The summed E-state index contributed by atoms with van der Waals surface area (Å²) in [4.78, 5) is 12.9. The van der Waals surface area contributed by atoms with Gasteiger partial charge in [0.05, 0.1) is 18.1 Å². The zero-order valence-corrected chi connectivity index (χ0v) is 18.3. The van der Waals surface area contributed by atoms with Crippen molar-refractivity contribution in [1.29, 1.82) is 0 Å². The van der Waals surface area contributed by atoms with E-state index in [1.54, 1.807) is 48.5 Å². The summed E-state index contributed by atoms with van der Waals surface area (Å²) in [6.07, 6.45) is 0. The zero-order chi connectivity index (χ0) is 22.4. The van der Waals surface area contributed by atoms with E-state index in [2.05, 4.69) is 5.32 Å². The van der Waals surface area contributed by atoms with E-state index in [0.29, 0.717) is 48.9 Å². The maximum atomic E-state index is 13.1. The van der Waals surface area contributed by atoms with Crippen LogP contribution in [0, 0.1) is 0 Å². The first kappa shape index (κ1) is 22.0. The monoisotopic (exact) mass is 452 g/mol. The predicted octanol–water partition coefficient (Wildman–Crippen LogP) is 3.43. The first-order valence-electron chi connectivity index (χ1n) is 10.3. The number of sulfonamides is 1. The Morgan fingerprint density at radius 2 is 1.59 bits per heavy atom. The minimum Gasteiger partial charge on any atom is -0.457 e. The Morgan fingerprint density at radius 1 is 0.906 bits per heavy atom. The van der Waals surface area contributed by atoms with Crippen LogP contribution in [0.25, 0.3) is 0 Å². The van der Waals surface area contributed by atoms with Crippen molar-refractivity contribution in [2.24, 2.45) is 0 Å². The Hall–Kier alpha value is -3.20. The maximum absolute atomic E-state index is 13.1. The van der Waals surface area contributed by atoms with Crippen molar-refractivity contribution >= 4 is 15.9 Å². The molecule has 8 heteroatoms. The van der Waals surface area contributed by atoms with Crippen LogP contribution in [-0.2, 0) is 21.3 Å². The van der Waals surface area contributed by atoms with E-state index in [1.807, 2.05) is 30.3 Å². The lowest BCUT2D eigenvalue weighted by atomic mass is 10.2. The number of carbonyl (C=O) groups is 1. The van der Waals surface area contributed by atoms with Crippen LogP contribution >= 0.6 is 0 Å². The lowest BCUT2D eigenvalue weighted by Gasteiger charge is -2.27. The molecule has 3 aromatic carbocycles. The van der Waals surface area contributed by atoms with Crippen molar-refractivity contribution in [3.63, 3.8) is 0 Å². The Kier molecular flexibility index (Phi) is 6.84. The van der Waals surface area contributed by atoms with Crippen LogP contribution < -0.4 is 10.1 Å².